The molecule has 0 radical (unpaired) electrons. The lowest BCUT2D eigenvalue weighted by Gasteiger charge is -2.25. The van der Waals surface area contributed by atoms with Crippen LogP contribution in [0.1, 0.15) is 19.8 Å². The maximum Gasteiger partial charge on any atom is 0.324 e. The molecule has 0 spiro atoms. The number of hydrogen-bond donors (Lipinski definition) is 1. The molecule has 0 aromatic carbocycles. The number of methoxy groups -OCH3 is 1. The summed E-state index contributed by atoms with van der Waals surface area (Å²) < 4.78 is 4.81. The maximum atomic E-state index is 11.6. The van der Waals surface area contributed by atoms with Crippen LogP contribution in [-0.2, 0) is 9.53 Å². The van der Waals surface area contributed by atoms with Gasteiger partial charge in [0, 0.05) is 19.6 Å². The van der Waals surface area contributed by atoms with Crippen LogP contribution >= 0.6 is 0 Å². The second-order valence-electron chi connectivity index (χ2n) is 4.94. The van der Waals surface area contributed by atoms with E-state index in [1.54, 1.807) is 0 Å². The van der Waals surface area contributed by atoms with Crippen LogP contribution in [0.4, 0.5) is 0 Å². The monoisotopic (exact) mass is 257 g/mol. The van der Waals surface area contributed by atoms with Crippen LogP contribution in [0.5, 0.6) is 0 Å². The fourth-order valence-electron chi connectivity index (χ4n) is 2.33. The van der Waals surface area contributed by atoms with Gasteiger partial charge in [0.15, 0.2) is 0 Å². The molecule has 1 saturated heterocycles. The van der Waals surface area contributed by atoms with Gasteiger partial charge < -0.3 is 19.9 Å². The van der Waals surface area contributed by atoms with Gasteiger partial charge >= 0.3 is 5.97 Å². The molecule has 0 bridgehead atoms. The predicted molar refractivity (Wildman–Crippen MR) is 72.7 cm³/mol. The Morgan fingerprint density at radius 3 is 2.67 bits per heavy atom. The van der Waals surface area contributed by atoms with Gasteiger partial charge in [-0.2, -0.15) is 0 Å². The van der Waals surface area contributed by atoms with Crippen LogP contribution in [0, 0.1) is 0 Å². The number of nitrogens with zero attached hydrogens (tertiary/aromatic N) is 2. The van der Waals surface area contributed by atoms with Crippen molar-refractivity contribution in [2.75, 3.05) is 53.4 Å². The molecule has 1 N–H and O–H groups in total. The molecule has 1 fully saturated rings. The number of likely N-dealkylation sites (tertiary alicyclic amines) is 1. The third kappa shape index (κ3) is 5.33. The van der Waals surface area contributed by atoms with Crippen molar-refractivity contribution in [3.8, 4) is 0 Å². The van der Waals surface area contributed by atoms with Gasteiger partial charge in [0.05, 0.1) is 7.11 Å². The number of carbonyl (C=O) groups is 1. The Kier molecular flexibility index (Phi) is 7.23. The molecule has 106 valence electrons. The summed E-state index contributed by atoms with van der Waals surface area (Å²) in [6.07, 6.45) is 2.65. The topological polar surface area (TPSA) is 44.8 Å². The molecule has 0 amide bonds. The smallest absolute Gasteiger partial charge is 0.324 e. The zero-order chi connectivity index (χ0) is 13.4. The summed E-state index contributed by atoms with van der Waals surface area (Å²) in [7, 11) is 3.50. The van der Waals surface area contributed by atoms with E-state index in [9.17, 15) is 4.79 Å². The number of ether oxygens (including phenoxy) is 1. The Morgan fingerprint density at radius 1 is 1.44 bits per heavy atom. The minimum Gasteiger partial charge on any atom is -0.468 e. The van der Waals surface area contributed by atoms with Crippen LogP contribution < -0.4 is 5.32 Å². The van der Waals surface area contributed by atoms with E-state index in [1.165, 1.54) is 33.0 Å². The standard InChI is InChI=1S/C13H27N3O2/c1-4-14-12(13(17)18-3)11-15(2)9-10-16-7-5-6-8-16/h12,14H,4-11H2,1-3H3. The zero-order valence-corrected chi connectivity index (χ0v) is 11.9. The number of rotatable bonds is 8. The molecule has 1 unspecified atom stereocenters. The molecule has 0 aliphatic carbocycles. The van der Waals surface area contributed by atoms with Gasteiger partial charge in [-0.15, -0.1) is 0 Å². The second kappa shape index (κ2) is 8.45. The third-order valence-electron chi connectivity index (χ3n) is 3.43. The van der Waals surface area contributed by atoms with Crippen molar-refractivity contribution in [2.24, 2.45) is 0 Å². The summed E-state index contributed by atoms with van der Waals surface area (Å²) in [4.78, 5) is 16.3. The molecule has 5 heteroatoms. The Balaban J connectivity index is 2.26. The number of carbonyl (C=O) groups excluding carboxylic acids is 1. The first-order valence-electron chi connectivity index (χ1n) is 6.89. The Labute approximate surface area is 110 Å². The van der Waals surface area contributed by atoms with E-state index in [-0.39, 0.29) is 12.0 Å². The van der Waals surface area contributed by atoms with Crippen molar-refractivity contribution in [2.45, 2.75) is 25.8 Å². The molecule has 1 aliphatic heterocycles. The highest BCUT2D eigenvalue weighted by Crippen LogP contribution is 2.06. The van der Waals surface area contributed by atoms with E-state index >= 15 is 0 Å². The molecular weight excluding hydrogens is 230 g/mol. The van der Waals surface area contributed by atoms with Crippen LogP contribution in [0.25, 0.3) is 0 Å². The molecule has 1 rings (SSSR count). The lowest BCUT2D eigenvalue weighted by atomic mass is 10.2. The maximum absolute atomic E-state index is 11.6. The zero-order valence-electron chi connectivity index (χ0n) is 11.9. The summed E-state index contributed by atoms with van der Waals surface area (Å²) in [6, 6.07) is -0.219. The van der Waals surface area contributed by atoms with Gasteiger partial charge in [0.1, 0.15) is 6.04 Å². The highest BCUT2D eigenvalue weighted by molar-refractivity contribution is 5.75. The lowest BCUT2D eigenvalue weighted by Crippen LogP contribution is -2.46. The average Bonchev–Trinajstić information content (AvgIpc) is 2.88. The van der Waals surface area contributed by atoms with Gasteiger partial charge in [-0.05, 0) is 39.5 Å². The van der Waals surface area contributed by atoms with Crippen molar-refractivity contribution in [3.05, 3.63) is 0 Å². The number of hydrogen-bond acceptors (Lipinski definition) is 5. The lowest BCUT2D eigenvalue weighted by molar-refractivity contribution is -0.143. The van der Waals surface area contributed by atoms with E-state index in [4.69, 9.17) is 4.74 Å². The molecule has 18 heavy (non-hydrogen) atoms. The number of nitrogens with one attached hydrogen (secondary N) is 1. The molecule has 0 aromatic heterocycles. The number of esters is 1. The first kappa shape index (κ1) is 15.4. The van der Waals surface area contributed by atoms with E-state index in [2.05, 4.69) is 22.2 Å². The molecule has 0 aromatic rings. The highest BCUT2D eigenvalue weighted by atomic mass is 16.5. The van der Waals surface area contributed by atoms with E-state index in [1.807, 2.05) is 6.92 Å². The molecule has 1 atom stereocenters. The summed E-state index contributed by atoms with van der Waals surface area (Å²) >= 11 is 0. The van der Waals surface area contributed by atoms with E-state index in [0.717, 1.165) is 19.6 Å². The van der Waals surface area contributed by atoms with Gasteiger partial charge in [-0.3, -0.25) is 4.79 Å². The first-order valence-corrected chi connectivity index (χ1v) is 6.89. The summed E-state index contributed by atoms with van der Waals surface area (Å²) in [5.74, 6) is -0.176. The van der Waals surface area contributed by atoms with Crippen molar-refractivity contribution in [1.29, 1.82) is 0 Å². The third-order valence-corrected chi connectivity index (χ3v) is 3.43. The molecule has 5 nitrogen and oxygen atoms in total. The van der Waals surface area contributed by atoms with Crippen molar-refractivity contribution < 1.29 is 9.53 Å². The quantitative estimate of drug-likeness (QED) is 0.628. The Hall–Kier alpha value is -0.650. The fourth-order valence-corrected chi connectivity index (χ4v) is 2.33. The van der Waals surface area contributed by atoms with E-state index in [0.29, 0.717) is 6.54 Å². The van der Waals surface area contributed by atoms with Crippen LogP contribution in [0.3, 0.4) is 0 Å². The molecule has 1 heterocycles. The minimum absolute atomic E-state index is 0.176. The van der Waals surface area contributed by atoms with Crippen molar-refractivity contribution >= 4 is 5.97 Å². The van der Waals surface area contributed by atoms with Crippen molar-refractivity contribution in [3.63, 3.8) is 0 Å². The van der Waals surface area contributed by atoms with Gasteiger partial charge in [0.25, 0.3) is 0 Å². The van der Waals surface area contributed by atoms with Gasteiger partial charge in [-0.1, -0.05) is 6.92 Å². The average molecular weight is 257 g/mol. The predicted octanol–water partition coefficient (Wildman–Crippen LogP) is 0.165. The fraction of sp³-hybridized carbons (Fsp3) is 0.923. The van der Waals surface area contributed by atoms with Crippen molar-refractivity contribution in [1.82, 2.24) is 15.1 Å². The minimum atomic E-state index is -0.219. The molecule has 1 aliphatic rings. The van der Waals surface area contributed by atoms with Crippen LogP contribution in [0.2, 0.25) is 0 Å². The largest absolute Gasteiger partial charge is 0.468 e. The normalized spacial score (nSPS) is 18.2. The summed E-state index contributed by atoms with van der Waals surface area (Å²) in [5.41, 5.74) is 0. The Morgan fingerprint density at radius 2 is 2.11 bits per heavy atom. The summed E-state index contributed by atoms with van der Waals surface area (Å²) in [6.45, 7) is 8.02. The second-order valence-corrected chi connectivity index (χ2v) is 4.94. The van der Waals surface area contributed by atoms with Gasteiger partial charge in [0.2, 0.25) is 0 Å². The van der Waals surface area contributed by atoms with Crippen LogP contribution in [-0.4, -0.2) is 75.2 Å². The number of likely N-dealkylation sites (N-methyl/N-ethyl adjacent to an activating group) is 2. The Bertz CT molecular complexity index is 242. The van der Waals surface area contributed by atoms with E-state index < -0.39 is 0 Å². The SMILES string of the molecule is CCNC(CN(C)CCN1CCCC1)C(=O)OC. The van der Waals surface area contributed by atoms with Crippen LogP contribution in [0.15, 0.2) is 0 Å². The van der Waals surface area contributed by atoms with Gasteiger partial charge in [-0.25, -0.2) is 0 Å². The summed E-state index contributed by atoms with van der Waals surface area (Å²) in [5, 5.41) is 3.16. The molecular formula is C13H27N3O2. The highest BCUT2D eigenvalue weighted by Gasteiger charge is 2.20. The first-order chi connectivity index (χ1) is 8.67. The molecule has 0 saturated carbocycles.